The largest absolute Gasteiger partial charge is 0.351 e. The number of fused-ring (bicyclic) bond motifs is 1. The van der Waals surface area contributed by atoms with Crippen molar-refractivity contribution in [3.05, 3.63) is 45.0 Å². The third-order valence-corrected chi connectivity index (χ3v) is 2.44. The summed E-state index contributed by atoms with van der Waals surface area (Å²) >= 11 is 5.49. The van der Waals surface area contributed by atoms with Crippen LogP contribution in [0.3, 0.4) is 0 Å². The molecule has 0 saturated carbocycles. The van der Waals surface area contributed by atoms with Gasteiger partial charge in [0.2, 0.25) is 0 Å². The summed E-state index contributed by atoms with van der Waals surface area (Å²) in [5.41, 5.74) is -1.59. The van der Waals surface area contributed by atoms with Gasteiger partial charge in [-0.15, -0.1) is 0 Å². The zero-order chi connectivity index (χ0) is 11.9. The fourth-order valence-corrected chi connectivity index (χ4v) is 1.55. The fraction of sp³-hybridized carbons (Fsp3) is 0.100. The van der Waals surface area contributed by atoms with Gasteiger partial charge in [0.15, 0.2) is 11.2 Å². The third kappa shape index (κ3) is 1.67. The van der Waals surface area contributed by atoms with Crippen LogP contribution in [0.15, 0.2) is 23.0 Å². The van der Waals surface area contributed by atoms with Crippen LogP contribution < -0.4 is 5.43 Å². The van der Waals surface area contributed by atoms with Gasteiger partial charge in [-0.3, -0.25) is 4.79 Å². The first-order chi connectivity index (χ1) is 7.50. The van der Waals surface area contributed by atoms with Crippen LogP contribution in [0.25, 0.3) is 10.9 Å². The van der Waals surface area contributed by atoms with E-state index < -0.39 is 23.4 Å². The van der Waals surface area contributed by atoms with Crippen LogP contribution >= 0.6 is 11.6 Å². The van der Waals surface area contributed by atoms with Gasteiger partial charge in [0, 0.05) is 11.5 Å². The molecule has 0 spiro atoms. The minimum atomic E-state index is -2.87. The normalized spacial score (nSPS) is 11.3. The van der Waals surface area contributed by atoms with E-state index in [0.717, 1.165) is 6.07 Å². The molecule has 0 aliphatic heterocycles. The van der Waals surface area contributed by atoms with E-state index in [1.54, 1.807) is 0 Å². The molecular weight excluding hydrogens is 243 g/mol. The van der Waals surface area contributed by atoms with Crippen LogP contribution in [0.1, 0.15) is 12.1 Å². The number of hydrogen-bond acceptors (Lipinski definition) is 1. The molecular formula is C10H5ClF3NO. The Morgan fingerprint density at radius 3 is 2.62 bits per heavy atom. The Balaban J connectivity index is 2.89. The van der Waals surface area contributed by atoms with Crippen molar-refractivity contribution >= 4 is 22.5 Å². The van der Waals surface area contributed by atoms with Gasteiger partial charge in [-0.05, 0) is 12.1 Å². The van der Waals surface area contributed by atoms with E-state index in [0.29, 0.717) is 0 Å². The highest BCUT2D eigenvalue weighted by Gasteiger charge is 2.14. The first kappa shape index (κ1) is 11.0. The van der Waals surface area contributed by atoms with Crippen LogP contribution in [-0.2, 0) is 0 Å². The second kappa shape index (κ2) is 3.83. The predicted octanol–water partition coefficient (Wildman–Crippen LogP) is 3.26. The summed E-state index contributed by atoms with van der Waals surface area (Å²) in [7, 11) is 0. The van der Waals surface area contributed by atoms with Crippen molar-refractivity contribution in [3.8, 4) is 0 Å². The maximum atomic E-state index is 13.5. The lowest BCUT2D eigenvalue weighted by Crippen LogP contribution is -2.06. The summed E-state index contributed by atoms with van der Waals surface area (Å²) in [6.07, 6.45) is -2.87. The number of nitrogens with one attached hydrogen (secondary N) is 1. The SMILES string of the molecule is O=c1cc(C(F)F)[nH]c2c(F)c(Cl)ccc12. The van der Waals surface area contributed by atoms with Crippen LogP contribution in [0.4, 0.5) is 13.2 Å². The standard InChI is InChI=1S/C10H5ClF3NO/c11-5-2-1-4-7(16)3-6(10(13)14)15-9(4)8(5)12/h1-3,10H,(H,15,16). The van der Waals surface area contributed by atoms with E-state index in [-0.39, 0.29) is 15.9 Å². The molecule has 0 amide bonds. The van der Waals surface area contributed by atoms with Crippen molar-refractivity contribution in [2.45, 2.75) is 6.43 Å². The van der Waals surface area contributed by atoms with E-state index in [1.807, 2.05) is 0 Å². The second-order valence-electron chi connectivity index (χ2n) is 3.17. The van der Waals surface area contributed by atoms with Crippen LogP contribution in [-0.4, -0.2) is 4.98 Å². The number of pyridine rings is 1. The maximum Gasteiger partial charge on any atom is 0.278 e. The molecule has 0 unspecified atom stereocenters. The summed E-state index contributed by atoms with van der Waals surface area (Å²) in [5.74, 6) is -0.904. The number of alkyl halides is 2. The molecule has 2 aromatic rings. The zero-order valence-corrected chi connectivity index (χ0v) is 8.49. The minimum absolute atomic E-state index is 0.00806. The summed E-state index contributed by atoms with van der Waals surface area (Å²) in [4.78, 5) is 13.6. The molecule has 0 bridgehead atoms. The molecule has 0 atom stereocenters. The molecule has 16 heavy (non-hydrogen) atoms. The van der Waals surface area contributed by atoms with Crippen molar-refractivity contribution in [2.24, 2.45) is 0 Å². The molecule has 0 aliphatic rings. The summed E-state index contributed by atoms with van der Waals surface area (Å²) in [6, 6.07) is 3.24. The topological polar surface area (TPSA) is 32.9 Å². The first-order valence-electron chi connectivity index (χ1n) is 4.30. The van der Waals surface area contributed by atoms with Crippen molar-refractivity contribution < 1.29 is 13.2 Å². The molecule has 1 aromatic heterocycles. The molecule has 1 heterocycles. The number of halogens is 4. The monoisotopic (exact) mass is 247 g/mol. The van der Waals surface area contributed by atoms with Crippen molar-refractivity contribution in [1.29, 1.82) is 0 Å². The molecule has 0 aliphatic carbocycles. The average molecular weight is 248 g/mol. The molecule has 0 fully saturated rings. The summed E-state index contributed by atoms with van der Waals surface area (Å²) < 4.78 is 38.2. The predicted molar refractivity (Wildman–Crippen MR) is 54.5 cm³/mol. The van der Waals surface area contributed by atoms with Gasteiger partial charge >= 0.3 is 0 Å². The number of rotatable bonds is 1. The van der Waals surface area contributed by atoms with Crippen LogP contribution in [0.2, 0.25) is 5.02 Å². The Kier molecular flexibility index (Phi) is 2.63. The molecule has 2 rings (SSSR count). The zero-order valence-electron chi connectivity index (χ0n) is 7.73. The Hall–Kier alpha value is -1.49. The summed E-state index contributed by atoms with van der Waals surface area (Å²) in [6.45, 7) is 0. The van der Waals surface area contributed by atoms with Gasteiger partial charge in [-0.1, -0.05) is 11.6 Å². The second-order valence-corrected chi connectivity index (χ2v) is 3.58. The van der Waals surface area contributed by atoms with E-state index >= 15 is 0 Å². The lowest BCUT2D eigenvalue weighted by atomic mass is 10.2. The molecule has 84 valence electrons. The highest BCUT2D eigenvalue weighted by Crippen LogP contribution is 2.23. The number of H-pyrrole nitrogens is 1. The van der Waals surface area contributed by atoms with E-state index in [4.69, 9.17) is 11.6 Å². The molecule has 0 saturated heterocycles. The van der Waals surface area contributed by atoms with Gasteiger partial charge in [0.05, 0.1) is 16.2 Å². The first-order valence-corrected chi connectivity index (χ1v) is 4.67. The molecule has 0 radical (unpaired) electrons. The van der Waals surface area contributed by atoms with Gasteiger partial charge in [-0.25, -0.2) is 13.2 Å². The lowest BCUT2D eigenvalue weighted by molar-refractivity contribution is 0.146. The minimum Gasteiger partial charge on any atom is -0.351 e. The Bertz CT molecular complexity index is 609. The molecule has 2 nitrogen and oxygen atoms in total. The molecule has 1 N–H and O–H groups in total. The van der Waals surface area contributed by atoms with Crippen LogP contribution in [0, 0.1) is 5.82 Å². The Morgan fingerprint density at radius 1 is 1.31 bits per heavy atom. The molecule has 6 heteroatoms. The van der Waals surface area contributed by atoms with E-state index in [2.05, 4.69) is 4.98 Å². The molecule has 1 aromatic carbocycles. The highest BCUT2D eigenvalue weighted by atomic mass is 35.5. The number of aromatic amines is 1. The van der Waals surface area contributed by atoms with Crippen molar-refractivity contribution in [1.82, 2.24) is 4.98 Å². The maximum absolute atomic E-state index is 13.5. The van der Waals surface area contributed by atoms with Crippen LogP contribution in [0.5, 0.6) is 0 Å². The third-order valence-electron chi connectivity index (χ3n) is 2.15. The number of hydrogen-bond donors (Lipinski definition) is 1. The van der Waals surface area contributed by atoms with E-state index in [9.17, 15) is 18.0 Å². The Morgan fingerprint density at radius 2 is 2.00 bits per heavy atom. The van der Waals surface area contributed by atoms with Gasteiger partial charge in [0.1, 0.15) is 0 Å². The van der Waals surface area contributed by atoms with E-state index in [1.165, 1.54) is 12.1 Å². The van der Waals surface area contributed by atoms with Crippen molar-refractivity contribution in [2.75, 3.05) is 0 Å². The number of benzene rings is 1. The highest BCUT2D eigenvalue weighted by molar-refractivity contribution is 6.31. The van der Waals surface area contributed by atoms with Gasteiger partial charge in [0.25, 0.3) is 6.43 Å². The quantitative estimate of drug-likeness (QED) is 0.824. The smallest absolute Gasteiger partial charge is 0.278 e. The number of aromatic nitrogens is 1. The lowest BCUT2D eigenvalue weighted by Gasteiger charge is -2.04. The Labute approximate surface area is 92.7 Å². The average Bonchev–Trinajstić information content (AvgIpc) is 2.23. The van der Waals surface area contributed by atoms with Gasteiger partial charge in [-0.2, -0.15) is 0 Å². The summed E-state index contributed by atoms with van der Waals surface area (Å²) in [5, 5.41) is -0.235. The fourth-order valence-electron chi connectivity index (χ4n) is 1.40. The van der Waals surface area contributed by atoms with Gasteiger partial charge < -0.3 is 4.98 Å². The van der Waals surface area contributed by atoms with Crippen molar-refractivity contribution in [3.63, 3.8) is 0 Å².